The van der Waals surface area contributed by atoms with E-state index in [0.29, 0.717) is 5.69 Å². The van der Waals surface area contributed by atoms with E-state index in [2.05, 4.69) is 19.7 Å². The molecular formula is C11H12N4O4. The molecule has 8 nitrogen and oxygen atoms in total. The molecule has 2 aromatic rings. The molecule has 2 aromatic heterocycles. The van der Waals surface area contributed by atoms with E-state index in [4.69, 9.17) is 0 Å². The first-order valence-electron chi connectivity index (χ1n) is 5.33. The van der Waals surface area contributed by atoms with Gasteiger partial charge in [0.25, 0.3) is 0 Å². The molecule has 19 heavy (non-hydrogen) atoms. The third kappa shape index (κ3) is 2.32. The Morgan fingerprint density at radius 3 is 2.47 bits per heavy atom. The number of esters is 2. The van der Waals surface area contributed by atoms with Crippen LogP contribution in [0.15, 0.2) is 18.5 Å². The fourth-order valence-corrected chi connectivity index (χ4v) is 1.56. The van der Waals surface area contributed by atoms with Crippen LogP contribution in [-0.4, -0.2) is 45.7 Å². The summed E-state index contributed by atoms with van der Waals surface area (Å²) in [7, 11) is 4.20. The maximum Gasteiger partial charge on any atom is 0.360 e. The van der Waals surface area contributed by atoms with Crippen LogP contribution in [0.5, 0.6) is 0 Å². The monoisotopic (exact) mass is 264 g/mol. The summed E-state index contributed by atoms with van der Waals surface area (Å²) < 4.78 is 12.0. The molecule has 0 atom stereocenters. The van der Waals surface area contributed by atoms with Crippen LogP contribution in [-0.2, 0) is 16.5 Å². The Morgan fingerprint density at radius 2 is 1.84 bits per heavy atom. The third-order valence-electron chi connectivity index (χ3n) is 2.42. The highest BCUT2D eigenvalue weighted by atomic mass is 16.5. The lowest BCUT2D eigenvalue weighted by Gasteiger charge is -2.00. The Labute approximate surface area is 108 Å². The first-order chi connectivity index (χ1) is 9.06. The van der Waals surface area contributed by atoms with Gasteiger partial charge in [0, 0.05) is 13.2 Å². The van der Waals surface area contributed by atoms with E-state index in [9.17, 15) is 9.59 Å². The highest BCUT2D eigenvalue weighted by Gasteiger charge is 2.20. The number of aryl methyl sites for hydroxylation is 1. The van der Waals surface area contributed by atoms with Crippen LogP contribution in [0.3, 0.4) is 0 Å². The molecule has 0 aliphatic carbocycles. The molecule has 0 unspecified atom stereocenters. The summed E-state index contributed by atoms with van der Waals surface area (Å²) in [5, 5.41) is 8.02. The van der Waals surface area contributed by atoms with Gasteiger partial charge in [0.15, 0.2) is 11.4 Å². The molecule has 0 aliphatic heterocycles. The molecule has 2 heterocycles. The van der Waals surface area contributed by atoms with Crippen molar-refractivity contribution in [2.24, 2.45) is 7.05 Å². The van der Waals surface area contributed by atoms with Gasteiger partial charge < -0.3 is 9.47 Å². The minimum absolute atomic E-state index is 0.115. The van der Waals surface area contributed by atoms with E-state index in [1.165, 1.54) is 35.8 Å². The quantitative estimate of drug-likeness (QED) is 0.735. The first-order valence-corrected chi connectivity index (χ1v) is 5.33. The van der Waals surface area contributed by atoms with E-state index in [-0.39, 0.29) is 11.4 Å². The molecule has 0 aromatic carbocycles. The van der Waals surface area contributed by atoms with Gasteiger partial charge in [-0.15, -0.1) is 0 Å². The lowest BCUT2D eigenvalue weighted by atomic mass is 10.4. The van der Waals surface area contributed by atoms with Gasteiger partial charge in [-0.05, 0) is 6.07 Å². The van der Waals surface area contributed by atoms with E-state index >= 15 is 0 Å². The summed E-state index contributed by atoms with van der Waals surface area (Å²) in [6.45, 7) is 0. The van der Waals surface area contributed by atoms with Crippen LogP contribution in [0.25, 0.3) is 5.69 Å². The second-order valence-electron chi connectivity index (χ2n) is 3.67. The summed E-state index contributed by atoms with van der Waals surface area (Å²) >= 11 is 0. The second-order valence-corrected chi connectivity index (χ2v) is 3.67. The molecule has 0 amide bonds. The summed E-state index contributed by atoms with van der Waals surface area (Å²) in [5.41, 5.74) is 0.677. The molecule has 100 valence electrons. The van der Waals surface area contributed by atoms with Crippen LogP contribution >= 0.6 is 0 Å². The van der Waals surface area contributed by atoms with Crippen LogP contribution in [0, 0.1) is 0 Å². The smallest absolute Gasteiger partial charge is 0.360 e. The molecule has 0 radical (unpaired) electrons. The van der Waals surface area contributed by atoms with Crippen LogP contribution in [0.2, 0.25) is 0 Å². The Bertz CT molecular complexity index is 628. The SMILES string of the molecule is COC(=O)c1ccn(-c2cn(C)nc2C(=O)OC)n1. The number of carbonyl (C=O) groups excluding carboxylic acids is 2. The van der Waals surface area contributed by atoms with Gasteiger partial charge >= 0.3 is 11.9 Å². The number of aromatic nitrogens is 4. The highest BCUT2D eigenvalue weighted by Crippen LogP contribution is 2.13. The summed E-state index contributed by atoms with van der Waals surface area (Å²) in [6.07, 6.45) is 3.13. The third-order valence-corrected chi connectivity index (χ3v) is 2.42. The fourth-order valence-electron chi connectivity index (χ4n) is 1.56. The largest absolute Gasteiger partial charge is 0.464 e. The average molecular weight is 264 g/mol. The zero-order valence-corrected chi connectivity index (χ0v) is 10.7. The van der Waals surface area contributed by atoms with Gasteiger partial charge in [0.05, 0.1) is 20.4 Å². The van der Waals surface area contributed by atoms with Gasteiger partial charge in [0.1, 0.15) is 5.69 Å². The van der Waals surface area contributed by atoms with Crippen molar-refractivity contribution < 1.29 is 19.1 Å². The number of nitrogens with zero attached hydrogens (tertiary/aromatic N) is 4. The number of rotatable bonds is 3. The summed E-state index contributed by atoms with van der Waals surface area (Å²) in [5.74, 6) is -1.13. The molecule has 0 saturated carbocycles. The van der Waals surface area contributed by atoms with Crippen LogP contribution in [0.4, 0.5) is 0 Å². The van der Waals surface area contributed by atoms with Crippen molar-refractivity contribution in [3.05, 3.63) is 29.8 Å². The lowest BCUT2D eigenvalue weighted by molar-refractivity contribution is 0.0586. The predicted octanol–water partition coefficient (Wildman–Crippen LogP) is 0.179. The van der Waals surface area contributed by atoms with Crippen molar-refractivity contribution in [1.29, 1.82) is 0 Å². The zero-order valence-electron chi connectivity index (χ0n) is 10.7. The standard InChI is InChI=1S/C11H12N4O4/c1-14-6-8(9(13-14)11(17)19-3)15-5-4-7(12-15)10(16)18-2/h4-6H,1-3H3. The molecule has 0 aliphatic rings. The maximum absolute atomic E-state index is 11.6. The molecule has 0 fully saturated rings. The highest BCUT2D eigenvalue weighted by molar-refractivity contribution is 5.91. The number of hydrogen-bond acceptors (Lipinski definition) is 6. The van der Waals surface area contributed by atoms with Crippen LogP contribution < -0.4 is 0 Å². The van der Waals surface area contributed by atoms with E-state index < -0.39 is 11.9 Å². The van der Waals surface area contributed by atoms with E-state index in [1.807, 2.05) is 0 Å². The van der Waals surface area contributed by atoms with E-state index in [1.54, 1.807) is 13.2 Å². The summed E-state index contributed by atoms with van der Waals surface area (Å²) in [6, 6.07) is 1.49. The van der Waals surface area contributed by atoms with Crippen molar-refractivity contribution in [1.82, 2.24) is 19.6 Å². The van der Waals surface area contributed by atoms with Crippen LogP contribution in [0.1, 0.15) is 21.0 Å². The van der Waals surface area contributed by atoms with E-state index in [0.717, 1.165) is 0 Å². The Hall–Kier alpha value is -2.64. The number of methoxy groups -OCH3 is 2. The molecule has 0 spiro atoms. The van der Waals surface area contributed by atoms with Crippen molar-refractivity contribution in [2.45, 2.75) is 0 Å². The minimum Gasteiger partial charge on any atom is -0.464 e. The molecule has 0 N–H and O–H groups in total. The normalized spacial score (nSPS) is 10.3. The minimum atomic E-state index is -0.578. The number of carbonyl (C=O) groups is 2. The lowest BCUT2D eigenvalue weighted by Crippen LogP contribution is -2.09. The molecule has 0 bridgehead atoms. The van der Waals surface area contributed by atoms with Crippen molar-refractivity contribution in [3.8, 4) is 5.69 Å². The van der Waals surface area contributed by atoms with Gasteiger partial charge in [-0.3, -0.25) is 4.68 Å². The van der Waals surface area contributed by atoms with Crippen molar-refractivity contribution in [2.75, 3.05) is 14.2 Å². The number of ether oxygens (including phenoxy) is 2. The second kappa shape index (κ2) is 4.92. The zero-order chi connectivity index (χ0) is 14.0. The maximum atomic E-state index is 11.6. The fraction of sp³-hybridized carbons (Fsp3) is 0.273. The summed E-state index contributed by atoms with van der Waals surface area (Å²) in [4.78, 5) is 22.9. The average Bonchev–Trinajstić information content (AvgIpc) is 3.03. The van der Waals surface area contributed by atoms with Gasteiger partial charge in [-0.25, -0.2) is 14.3 Å². The van der Waals surface area contributed by atoms with Gasteiger partial charge in [0.2, 0.25) is 0 Å². The molecule has 2 rings (SSSR count). The molecule has 8 heteroatoms. The van der Waals surface area contributed by atoms with Gasteiger partial charge in [-0.1, -0.05) is 0 Å². The van der Waals surface area contributed by atoms with Crippen molar-refractivity contribution >= 4 is 11.9 Å². The Balaban J connectivity index is 2.44. The number of hydrogen-bond donors (Lipinski definition) is 0. The Morgan fingerprint density at radius 1 is 1.16 bits per heavy atom. The Kier molecular flexibility index (Phi) is 3.32. The topological polar surface area (TPSA) is 88.2 Å². The molecule has 0 saturated heterocycles. The first kappa shape index (κ1) is 12.8. The van der Waals surface area contributed by atoms with Crippen molar-refractivity contribution in [3.63, 3.8) is 0 Å². The molecular weight excluding hydrogens is 252 g/mol. The van der Waals surface area contributed by atoms with Gasteiger partial charge in [-0.2, -0.15) is 10.2 Å². The predicted molar refractivity (Wildman–Crippen MR) is 63.0 cm³/mol.